The Balaban J connectivity index is 0. The van der Waals surface area contributed by atoms with Crippen LogP contribution in [-0.4, -0.2) is 32.9 Å². The molecule has 0 aromatic heterocycles. The normalized spacial score (nSPS) is 0. The van der Waals surface area contributed by atoms with Crippen molar-refractivity contribution in [3.63, 3.8) is 0 Å². The number of rotatable bonds is 0. The van der Waals surface area contributed by atoms with Crippen LogP contribution in [0.3, 0.4) is 0 Å². The van der Waals surface area contributed by atoms with Gasteiger partial charge in [0.1, 0.15) is 0 Å². The fraction of sp³-hybridized carbons (Fsp3) is 0. The van der Waals surface area contributed by atoms with Crippen molar-refractivity contribution in [1.29, 1.82) is 0 Å². The Morgan fingerprint density at radius 1 is 0.333 bits per heavy atom. The van der Waals surface area contributed by atoms with Crippen LogP contribution in [0.15, 0.2) is 0 Å². The van der Waals surface area contributed by atoms with E-state index in [1.807, 2.05) is 0 Å². The molecule has 0 spiro atoms. The number of hydrogen-bond donors (Lipinski definition) is 0. The first-order valence-corrected chi connectivity index (χ1v) is 0. The van der Waals surface area contributed by atoms with E-state index < -0.39 is 0 Å². The van der Waals surface area contributed by atoms with Crippen LogP contribution in [-0.2, 0) is 25.8 Å². The largest absolute Gasteiger partial charge is 4.00 e. The summed E-state index contributed by atoms with van der Waals surface area (Å²) in [6.07, 6.45) is 0. The molecule has 0 aliphatic carbocycles. The van der Waals surface area contributed by atoms with Crippen LogP contribution in [0, 0.1) is 0 Å². The van der Waals surface area contributed by atoms with E-state index in [4.69, 9.17) is 0 Å². The van der Waals surface area contributed by atoms with E-state index in [9.17, 15) is 0 Å². The molecule has 0 heterocycles. The summed E-state index contributed by atoms with van der Waals surface area (Å²) < 4.78 is 0. The van der Waals surface area contributed by atoms with Crippen LogP contribution in [0.2, 0.25) is 0 Å². The minimum Gasteiger partial charge on any atom is -0.870 e. The molecule has 48 valence electrons. The molecule has 0 unspecified atom stereocenters. The minimum absolute atomic E-state index is 0. The molecule has 6 nitrogen and oxygen atoms in total. The Morgan fingerprint density at radius 3 is 0.333 bits per heavy atom. The summed E-state index contributed by atoms with van der Waals surface area (Å²) in [5.41, 5.74) is 0. The standard InChI is InChI=1S/Hf.2Na.6H2O/h;;;6*1H2/q+4;2*+1;;;;;;/p-6. The van der Waals surface area contributed by atoms with Crippen LogP contribution < -0.4 is 59.1 Å². The summed E-state index contributed by atoms with van der Waals surface area (Å²) in [6, 6.07) is 0. The fourth-order valence-electron chi connectivity index (χ4n) is 0. The van der Waals surface area contributed by atoms with Gasteiger partial charge in [0.05, 0.1) is 0 Å². The van der Waals surface area contributed by atoms with E-state index in [0.29, 0.717) is 0 Å². The molecule has 0 aromatic rings. The van der Waals surface area contributed by atoms with E-state index in [0.717, 1.165) is 0 Å². The van der Waals surface area contributed by atoms with Crippen molar-refractivity contribution >= 4 is 0 Å². The van der Waals surface area contributed by atoms with Crippen LogP contribution in [0.4, 0.5) is 0 Å². The van der Waals surface area contributed by atoms with Gasteiger partial charge >= 0.3 is 85.0 Å². The quantitative estimate of drug-likeness (QED) is 0.398. The molecule has 0 aromatic carbocycles. The van der Waals surface area contributed by atoms with Crippen molar-refractivity contribution < 1.29 is 118 Å². The maximum Gasteiger partial charge on any atom is 4.00 e. The molecule has 0 rings (SSSR count). The average Bonchev–Trinajstić information content (AvgIpc) is 0. The van der Waals surface area contributed by atoms with Crippen molar-refractivity contribution in [2.24, 2.45) is 0 Å². The van der Waals surface area contributed by atoms with Crippen LogP contribution in [0.1, 0.15) is 0 Å². The SMILES string of the molecule is [Hf+4].[Na+].[Na+].[OH-].[OH-].[OH-].[OH-].[OH-].[OH-]. The van der Waals surface area contributed by atoms with Gasteiger partial charge in [-0.1, -0.05) is 0 Å². The molecular weight excluding hydrogens is 320 g/mol. The van der Waals surface area contributed by atoms with E-state index in [1.165, 1.54) is 0 Å². The first-order chi connectivity index (χ1) is 0. The van der Waals surface area contributed by atoms with Crippen molar-refractivity contribution in [3.05, 3.63) is 0 Å². The summed E-state index contributed by atoms with van der Waals surface area (Å²) >= 11 is 0. The van der Waals surface area contributed by atoms with Gasteiger partial charge in [-0.2, -0.15) is 0 Å². The second-order valence-corrected chi connectivity index (χ2v) is 0. The third-order valence-corrected chi connectivity index (χ3v) is 0. The molecule has 0 fully saturated rings. The predicted molar refractivity (Wildman–Crippen MR) is 11.6 cm³/mol. The molecule has 0 saturated carbocycles. The van der Waals surface area contributed by atoms with E-state index >= 15 is 0 Å². The smallest absolute Gasteiger partial charge is 0.870 e. The number of hydrogen-bond acceptors (Lipinski definition) is 6. The maximum atomic E-state index is 0. The molecule has 9 heavy (non-hydrogen) atoms. The molecule has 9 heteroatoms. The summed E-state index contributed by atoms with van der Waals surface area (Å²) in [4.78, 5) is 0. The zero-order valence-corrected chi connectivity index (χ0v) is 12.8. The van der Waals surface area contributed by atoms with Crippen LogP contribution in [0.5, 0.6) is 0 Å². The second kappa shape index (κ2) is 143. The Morgan fingerprint density at radius 2 is 0.333 bits per heavy atom. The Bertz CT molecular complexity index is 11.0. The van der Waals surface area contributed by atoms with Gasteiger partial charge in [0.2, 0.25) is 0 Å². The van der Waals surface area contributed by atoms with Crippen molar-refractivity contribution in [3.8, 4) is 0 Å². The van der Waals surface area contributed by atoms with Gasteiger partial charge < -0.3 is 32.9 Å². The topological polar surface area (TPSA) is 180 Å². The zero-order valence-electron chi connectivity index (χ0n) is 5.18. The molecule has 0 amide bonds. The molecule has 0 saturated heterocycles. The van der Waals surface area contributed by atoms with Gasteiger partial charge in [0.15, 0.2) is 0 Å². The van der Waals surface area contributed by atoms with E-state index in [2.05, 4.69) is 0 Å². The first kappa shape index (κ1) is 190. The molecule has 6 N–H and O–H groups in total. The Hall–Kier alpha value is 2.63. The van der Waals surface area contributed by atoms with E-state index in [-0.39, 0.29) is 118 Å². The summed E-state index contributed by atoms with van der Waals surface area (Å²) in [7, 11) is 0. The van der Waals surface area contributed by atoms with Crippen LogP contribution in [0.25, 0.3) is 0 Å². The first-order valence-electron chi connectivity index (χ1n) is 0. The van der Waals surface area contributed by atoms with Crippen molar-refractivity contribution in [2.45, 2.75) is 0 Å². The fourth-order valence-corrected chi connectivity index (χ4v) is 0. The third-order valence-electron chi connectivity index (χ3n) is 0. The zero-order chi connectivity index (χ0) is 0. The molecule has 0 bridgehead atoms. The molecule has 0 aliphatic rings. The monoisotopic (exact) mass is 328 g/mol. The van der Waals surface area contributed by atoms with Gasteiger partial charge in [-0.25, -0.2) is 0 Å². The summed E-state index contributed by atoms with van der Waals surface area (Å²) in [5.74, 6) is 0. The van der Waals surface area contributed by atoms with Gasteiger partial charge in [0, 0.05) is 0 Å². The van der Waals surface area contributed by atoms with Gasteiger partial charge in [0.25, 0.3) is 0 Å². The molecular formula is H6HfNa2O6. The maximum absolute atomic E-state index is 0. The second-order valence-electron chi connectivity index (χ2n) is 0. The molecule has 0 atom stereocenters. The van der Waals surface area contributed by atoms with Gasteiger partial charge in [-0.05, 0) is 0 Å². The average molecular weight is 327 g/mol. The van der Waals surface area contributed by atoms with Gasteiger partial charge in [-0.15, -0.1) is 0 Å². The minimum atomic E-state index is 0. The van der Waals surface area contributed by atoms with Crippen LogP contribution >= 0.6 is 0 Å². The van der Waals surface area contributed by atoms with E-state index in [1.54, 1.807) is 0 Å². The third kappa shape index (κ3) is 114. The summed E-state index contributed by atoms with van der Waals surface area (Å²) in [6.45, 7) is 0. The Kier molecular flexibility index (Phi) is 3010. The predicted octanol–water partition coefficient (Wildman–Crippen LogP) is -7.06. The van der Waals surface area contributed by atoms with Crippen molar-refractivity contribution in [2.75, 3.05) is 0 Å². The van der Waals surface area contributed by atoms with Crippen molar-refractivity contribution in [1.82, 2.24) is 0 Å². The van der Waals surface area contributed by atoms with Gasteiger partial charge in [-0.3, -0.25) is 0 Å². The summed E-state index contributed by atoms with van der Waals surface area (Å²) in [5, 5.41) is 0. The molecule has 0 radical (unpaired) electrons. The molecule has 0 aliphatic heterocycles. The Labute approximate surface area is 116 Å².